The first-order chi connectivity index (χ1) is 11.4. The average Bonchev–Trinajstić information content (AvgIpc) is 2.50. The number of nitrogens with zero attached hydrogens (tertiary/aromatic N) is 1. The number of carbonyl (C=O) groups excluding carboxylic acids is 1. The number of thioether (sulfide) groups is 1. The van der Waals surface area contributed by atoms with E-state index < -0.39 is 30.0 Å². The van der Waals surface area contributed by atoms with Crippen LogP contribution in [0.3, 0.4) is 0 Å². The minimum absolute atomic E-state index is 0.208. The third kappa shape index (κ3) is 8.32. The lowest BCUT2D eigenvalue weighted by molar-refractivity contribution is -0.140. The van der Waals surface area contributed by atoms with Gasteiger partial charge in [-0.2, -0.15) is 16.2 Å². The third-order valence-electron chi connectivity index (χ3n) is 2.74. The molecule has 1 unspecified atom stereocenters. The number of nitrogens with one attached hydrogen (secondary N) is 2. The van der Waals surface area contributed by atoms with Crippen LogP contribution in [-0.4, -0.2) is 45.0 Å². The number of carboxylic acids is 2. The van der Waals surface area contributed by atoms with E-state index in [0.29, 0.717) is 11.5 Å². The average molecular weight is 357 g/mol. The van der Waals surface area contributed by atoms with E-state index in [0.717, 1.165) is 5.56 Å². The molecular formula is C14H17FN3O5S. The fourth-order valence-corrected chi connectivity index (χ4v) is 2.36. The number of carboxylic acid groups (broad SMARTS) is 2. The minimum Gasteiger partial charge on any atom is -0.481 e. The molecule has 0 aromatic carbocycles. The summed E-state index contributed by atoms with van der Waals surface area (Å²) in [4.78, 5) is 36.3. The molecule has 131 valence electrons. The van der Waals surface area contributed by atoms with E-state index in [1.54, 1.807) is 6.07 Å². The SMILES string of the molecule is O=C(O)CCC(NC(=O)N[CH]CSCc1ccnc([18F])c1)C(=O)O. The van der Waals surface area contributed by atoms with Crippen LogP contribution < -0.4 is 10.6 Å². The maximum absolute atomic E-state index is 12.9. The summed E-state index contributed by atoms with van der Waals surface area (Å²) in [6.07, 6.45) is 0.795. The van der Waals surface area contributed by atoms with Crippen LogP contribution in [-0.2, 0) is 15.3 Å². The van der Waals surface area contributed by atoms with Crippen molar-refractivity contribution in [1.29, 1.82) is 0 Å². The second-order valence-corrected chi connectivity index (χ2v) is 5.68. The number of hydrogen-bond donors (Lipinski definition) is 4. The largest absolute Gasteiger partial charge is 0.481 e. The molecule has 24 heavy (non-hydrogen) atoms. The summed E-state index contributed by atoms with van der Waals surface area (Å²) >= 11 is 1.41. The van der Waals surface area contributed by atoms with Gasteiger partial charge in [-0.15, -0.1) is 0 Å². The molecule has 1 heterocycles. The van der Waals surface area contributed by atoms with Gasteiger partial charge in [-0.25, -0.2) is 14.6 Å². The van der Waals surface area contributed by atoms with Gasteiger partial charge in [0, 0.05) is 24.1 Å². The molecule has 0 aliphatic rings. The highest BCUT2D eigenvalue weighted by Crippen LogP contribution is 2.12. The van der Waals surface area contributed by atoms with Crippen LogP contribution in [0, 0.1) is 12.5 Å². The molecule has 1 atom stereocenters. The number of amides is 2. The molecule has 1 radical (unpaired) electrons. The molecule has 0 spiro atoms. The Morgan fingerprint density at radius 3 is 2.75 bits per heavy atom. The van der Waals surface area contributed by atoms with E-state index in [1.165, 1.54) is 30.6 Å². The van der Waals surface area contributed by atoms with Crippen molar-refractivity contribution in [3.8, 4) is 0 Å². The fourth-order valence-electron chi connectivity index (χ4n) is 1.63. The van der Waals surface area contributed by atoms with E-state index in [2.05, 4.69) is 15.6 Å². The van der Waals surface area contributed by atoms with Gasteiger partial charge in [0.2, 0.25) is 5.95 Å². The molecule has 0 saturated heterocycles. The number of rotatable bonds is 10. The lowest BCUT2D eigenvalue weighted by Crippen LogP contribution is -2.45. The number of aliphatic carboxylic acids is 2. The molecule has 4 N–H and O–H groups in total. The molecule has 0 aliphatic heterocycles. The minimum atomic E-state index is -1.31. The highest BCUT2D eigenvalue weighted by molar-refractivity contribution is 7.98. The predicted molar refractivity (Wildman–Crippen MR) is 84.6 cm³/mol. The van der Waals surface area contributed by atoms with Crippen LogP contribution >= 0.6 is 11.8 Å². The van der Waals surface area contributed by atoms with Gasteiger partial charge in [-0.05, 0) is 24.1 Å². The summed E-state index contributed by atoms with van der Waals surface area (Å²) in [6, 6.07) is 0.980. The van der Waals surface area contributed by atoms with Crippen molar-refractivity contribution in [1.82, 2.24) is 15.6 Å². The van der Waals surface area contributed by atoms with Crippen molar-refractivity contribution in [3.63, 3.8) is 0 Å². The normalized spacial score (nSPS) is 11.5. The quantitative estimate of drug-likeness (QED) is 0.366. The van der Waals surface area contributed by atoms with E-state index in [1.807, 2.05) is 0 Å². The topological polar surface area (TPSA) is 129 Å². The van der Waals surface area contributed by atoms with Crippen molar-refractivity contribution < 1.29 is 29.0 Å². The van der Waals surface area contributed by atoms with Gasteiger partial charge >= 0.3 is 18.0 Å². The van der Waals surface area contributed by atoms with Gasteiger partial charge in [0.05, 0.1) is 6.54 Å². The summed E-state index contributed by atoms with van der Waals surface area (Å²) in [5.41, 5.74) is 0.755. The molecule has 0 saturated carbocycles. The van der Waals surface area contributed by atoms with Crippen LogP contribution in [0.2, 0.25) is 0 Å². The maximum atomic E-state index is 12.9. The second kappa shape index (κ2) is 10.4. The Morgan fingerprint density at radius 1 is 1.38 bits per heavy atom. The summed E-state index contributed by atoms with van der Waals surface area (Å²) in [5, 5.41) is 22.0. The standard InChI is InChI=1S/C14H17FN3O5S/c15-11-7-9(3-4-16-11)8-24-6-5-17-14(23)18-10(13(21)22)1-2-12(19)20/h3-5,7,10H,1-2,6,8H2,(H,19,20)(H,21,22)(H2,17,18,23)/i15-1. The predicted octanol–water partition coefficient (Wildman–Crippen LogP) is 1.23. The molecular weight excluding hydrogens is 340 g/mol. The lowest BCUT2D eigenvalue weighted by atomic mass is 10.1. The van der Waals surface area contributed by atoms with Gasteiger partial charge < -0.3 is 20.8 Å². The third-order valence-corrected chi connectivity index (χ3v) is 3.68. The Morgan fingerprint density at radius 2 is 2.12 bits per heavy atom. The van der Waals surface area contributed by atoms with Gasteiger partial charge in [0.15, 0.2) is 0 Å². The Kier molecular flexibility index (Phi) is 8.55. The Balaban J connectivity index is 2.22. The highest BCUT2D eigenvalue weighted by atomic mass is 32.2. The van der Waals surface area contributed by atoms with Crippen LogP contribution in [0.1, 0.15) is 18.4 Å². The number of pyridine rings is 1. The maximum Gasteiger partial charge on any atom is 0.326 e. The van der Waals surface area contributed by atoms with E-state index in [4.69, 9.17) is 10.2 Å². The number of carbonyl (C=O) groups is 3. The fraction of sp³-hybridized carbons (Fsp3) is 0.357. The second-order valence-electron chi connectivity index (χ2n) is 4.65. The first-order valence-electron chi connectivity index (χ1n) is 6.90. The monoisotopic (exact) mass is 357 g/mol. The summed E-state index contributed by atoms with van der Waals surface area (Å²) < 4.78 is 12.9. The van der Waals surface area contributed by atoms with Gasteiger partial charge in [-0.1, -0.05) is 0 Å². The van der Waals surface area contributed by atoms with E-state index >= 15 is 0 Å². The number of aromatic nitrogens is 1. The van der Waals surface area contributed by atoms with Crippen molar-refractivity contribution in [3.05, 3.63) is 36.4 Å². The first-order valence-corrected chi connectivity index (χ1v) is 8.05. The van der Waals surface area contributed by atoms with Gasteiger partial charge in [-0.3, -0.25) is 4.79 Å². The number of halogens is 1. The van der Waals surface area contributed by atoms with Crippen molar-refractivity contribution in [2.75, 3.05) is 5.75 Å². The molecule has 2 amide bonds. The Labute approximate surface area is 141 Å². The van der Waals surface area contributed by atoms with E-state index in [-0.39, 0.29) is 12.8 Å². The van der Waals surface area contributed by atoms with Crippen LogP contribution in [0.25, 0.3) is 0 Å². The smallest absolute Gasteiger partial charge is 0.326 e. The van der Waals surface area contributed by atoms with E-state index in [9.17, 15) is 18.8 Å². The molecule has 1 aromatic heterocycles. The molecule has 1 rings (SSSR count). The zero-order valence-corrected chi connectivity index (χ0v) is 13.4. The zero-order valence-electron chi connectivity index (χ0n) is 12.6. The van der Waals surface area contributed by atoms with Gasteiger partial charge in [0.1, 0.15) is 6.04 Å². The first kappa shape index (κ1) is 19.7. The Hall–Kier alpha value is -2.36. The van der Waals surface area contributed by atoms with Crippen LogP contribution in [0.4, 0.5) is 9.18 Å². The highest BCUT2D eigenvalue weighted by Gasteiger charge is 2.20. The molecule has 1 aromatic rings. The molecule has 0 fully saturated rings. The summed E-state index contributed by atoms with van der Waals surface area (Å²) in [7, 11) is 0. The summed E-state index contributed by atoms with van der Waals surface area (Å²) in [5.74, 6) is -2.06. The van der Waals surface area contributed by atoms with Crippen molar-refractivity contribution in [2.45, 2.75) is 24.6 Å². The van der Waals surface area contributed by atoms with Crippen LogP contribution in [0.15, 0.2) is 18.3 Å². The van der Waals surface area contributed by atoms with Crippen molar-refractivity contribution >= 4 is 29.7 Å². The number of urea groups is 1. The Bertz CT molecular complexity index is 587. The molecule has 10 heteroatoms. The number of hydrogen-bond acceptors (Lipinski definition) is 5. The summed E-state index contributed by atoms with van der Waals surface area (Å²) in [6.45, 7) is 1.42. The molecule has 8 nitrogen and oxygen atoms in total. The molecule has 0 aliphatic carbocycles. The van der Waals surface area contributed by atoms with Crippen LogP contribution in [0.5, 0.6) is 0 Å². The zero-order chi connectivity index (χ0) is 17.9. The molecule has 0 bridgehead atoms. The van der Waals surface area contributed by atoms with Crippen molar-refractivity contribution in [2.24, 2.45) is 0 Å². The lowest BCUT2D eigenvalue weighted by Gasteiger charge is -2.14. The van der Waals surface area contributed by atoms with Gasteiger partial charge in [0.25, 0.3) is 0 Å².